The van der Waals surface area contributed by atoms with Gasteiger partial charge in [0.2, 0.25) is 10.0 Å². The Labute approximate surface area is 134 Å². The number of aliphatic hydroxyl groups excluding tert-OH is 2. The lowest BCUT2D eigenvalue weighted by atomic mass is 10.2. The lowest BCUT2D eigenvalue weighted by Crippen LogP contribution is -2.36. The molecule has 0 radical (unpaired) electrons. The summed E-state index contributed by atoms with van der Waals surface area (Å²) in [6.45, 7) is -1.16. The van der Waals surface area contributed by atoms with Crippen molar-refractivity contribution in [3.63, 3.8) is 0 Å². The fraction of sp³-hybridized carbons (Fsp3) is 0.357. The minimum atomic E-state index is -4.02. The van der Waals surface area contributed by atoms with Gasteiger partial charge < -0.3 is 20.1 Å². The summed E-state index contributed by atoms with van der Waals surface area (Å²) < 4.78 is 31.3. The summed E-state index contributed by atoms with van der Waals surface area (Å²) in [6.07, 6.45) is 2.14. The van der Waals surface area contributed by atoms with Crippen LogP contribution in [0.2, 0.25) is 0 Å². The molecule has 128 valence electrons. The van der Waals surface area contributed by atoms with Crippen LogP contribution in [0.4, 0.5) is 0 Å². The van der Waals surface area contributed by atoms with E-state index in [9.17, 15) is 13.2 Å². The number of sulfonamides is 1. The highest BCUT2D eigenvalue weighted by atomic mass is 32.2. The fourth-order valence-electron chi connectivity index (χ4n) is 1.88. The first kappa shape index (κ1) is 19.1. The molecule has 1 aromatic carbocycles. The van der Waals surface area contributed by atoms with Crippen molar-refractivity contribution >= 4 is 22.1 Å². The second-order valence-corrected chi connectivity index (χ2v) is 6.34. The summed E-state index contributed by atoms with van der Waals surface area (Å²) in [6, 6.07) is 4.19. The number of aliphatic carboxylic acids is 1. The molecule has 23 heavy (non-hydrogen) atoms. The monoisotopic (exact) mass is 345 g/mol. The predicted molar refractivity (Wildman–Crippen MR) is 82.6 cm³/mol. The molecule has 0 fully saturated rings. The second-order valence-electron chi connectivity index (χ2n) is 4.43. The van der Waals surface area contributed by atoms with E-state index < -0.39 is 29.2 Å². The third-order valence-electron chi connectivity index (χ3n) is 2.92. The Morgan fingerprint density at radius 1 is 1.26 bits per heavy atom. The minimum absolute atomic E-state index is 0.0818. The smallest absolute Gasteiger partial charge is 0.328 e. The topological polar surface area (TPSA) is 124 Å². The maximum atomic E-state index is 12.7. The zero-order chi connectivity index (χ0) is 17.5. The molecular weight excluding hydrogens is 326 g/mol. The minimum Gasteiger partial charge on any atom is -0.495 e. The van der Waals surface area contributed by atoms with Crippen molar-refractivity contribution in [3.8, 4) is 5.75 Å². The zero-order valence-corrected chi connectivity index (χ0v) is 13.4. The van der Waals surface area contributed by atoms with Crippen molar-refractivity contribution in [1.82, 2.24) is 4.31 Å². The standard InChI is InChI=1S/C14H19NO7S/c1-22-12-4-2-11(3-5-14(18)19)10-13(12)23(20,21)15(6-8-16)7-9-17/h2-5,10,16-17H,6-9H2,1H3,(H,18,19). The number of carboxylic acids is 1. The van der Waals surface area contributed by atoms with Gasteiger partial charge in [-0.3, -0.25) is 0 Å². The van der Waals surface area contributed by atoms with Crippen LogP contribution >= 0.6 is 0 Å². The van der Waals surface area contributed by atoms with E-state index in [-0.39, 0.29) is 23.7 Å². The summed E-state index contributed by atoms with van der Waals surface area (Å²) in [5.41, 5.74) is 0.361. The van der Waals surface area contributed by atoms with E-state index in [2.05, 4.69) is 0 Å². The number of rotatable bonds is 9. The highest BCUT2D eigenvalue weighted by Gasteiger charge is 2.27. The van der Waals surface area contributed by atoms with Gasteiger partial charge in [-0.25, -0.2) is 13.2 Å². The maximum Gasteiger partial charge on any atom is 0.328 e. The molecule has 0 bridgehead atoms. The van der Waals surface area contributed by atoms with E-state index in [1.54, 1.807) is 0 Å². The maximum absolute atomic E-state index is 12.7. The molecule has 1 rings (SSSR count). The predicted octanol–water partition coefficient (Wildman–Crippen LogP) is -0.232. The quantitative estimate of drug-likeness (QED) is 0.528. The molecule has 0 saturated heterocycles. The summed E-state index contributed by atoms with van der Waals surface area (Å²) in [5.74, 6) is -1.08. The van der Waals surface area contributed by atoms with Gasteiger partial charge in [-0.1, -0.05) is 6.07 Å². The van der Waals surface area contributed by atoms with Crippen LogP contribution < -0.4 is 4.74 Å². The molecule has 0 amide bonds. The average molecular weight is 345 g/mol. The molecule has 8 nitrogen and oxygen atoms in total. The average Bonchev–Trinajstić information content (AvgIpc) is 2.52. The Bertz CT molecular complexity index is 664. The molecule has 0 aliphatic heterocycles. The number of carboxylic acid groups (broad SMARTS) is 1. The number of carbonyl (C=O) groups is 1. The molecule has 0 spiro atoms. The Morgan fingerprint density at radius 3 is 2.35 bits per heavy atom. The normalized spacial score (nSPS) is 12.0. The molecule has 9 heteroatoms. The highest BCUT2D eigenvalue weighted by molar-refractivity contribution is 7.89. The molecule has 1 aromatic rings. The van der Waals surface area contributed by atoms with Crippen LogP contribution in [0.3, 0.4) is 0 Å². The number of benzene rings is 1. The van der Waals surface area contributed by atoms with Crippen molar-refractivity contribution in [2.75, 3.05) is 33.4 Å². The third-order valence-corrected chi connectivity index (χ3v) is 4.84. The number of methoxy groups -OCH3 is 1. The molecule has 0 atom stereocenters. The number of hydrogen-bond donors (Lipinski definition) is 3. The summed E-state index contributed by atoms with van der Waals surface area (Å²) in [7, 11) is -2.71. The van der Waals surface area contributed by atoms with Gasteiger partial charge in [0, 0.05) is 19.2 Å². The van der Waals surface area contributed by atoms with Gasteiger partial charge >= 0.3 is 5.97 Å². The number of nitrogens with zero attached hydrogens (tertiary/aromatic N) is 1. The molecule has 0 heterocycles. The van der Waals surface area contributed by atoms with Crippen LogP contribution in [-0.4, -0.2) is 67.4 Å². The van der Waals surface area contributed by atoms with E-state index in [0.29, 0.717) is 5.56 Å². The van der Waals surface area contributed by atoms with Gasteiger partial charge in [0.15, 0.2) is 0 Å². The number of hydrogen-bond acceptors (Lipinski definition) is 6. The van der Waals surface area contributed by atoms with Crippen molar-refractivity contribution < 1.29 is 33.3 Å². The summed E-state index contributed by atoms with van der Waals surface area (Å²) in [5, 5.41) is 26.6. The molecule has 0 aliphatic rings. The van der Waals surface area contributed by atoms with Crippen molar-refractivity contribution in [2.45, 2.75) is 4.90 Å². The van der Waals surface area contributed by atoms with Crippen LogP contribution in [0, 0.1) is 0 Å². The second kappa shape index (κ2) is 8.63. The van der Waals surface area contributed by atoms with Gasteiger partial charge in [-0.05, 0) is 23.8 Å². The van der Waals surface area contributed by atoms with Crippen LogP contribution in [0.15, 0.2) is 29.2 Å². The molecule has 0 aromatic heterocycles. The van der Waals surface area contributed by atoms with Gasteiger partial charge in [-0.15, -0.1) is 0 Å². The molecular formula is C14H19NO7S. The number of ether oxygens (including phenoxy) is 1. The van der Waals surface area contributed by atoms with Crippen LogP contribution in [0.25, 0.3) is 6.08 Å². The van der Waals surface area contributed by atoms with E-state index in [4.69, 9.17) is 20.1 Å². The molecule has 3 N–H and O–H groups in total. The molecule has 0 aliphatic carbocycles. The number of aliphatic hydroxyl groups is 2. The summed E-state index contributed by atoms with van der Waals surface area (Å²) in [4.78, 5) is 10.4. The SMILES string of the molecule is COc1ccc(C=CC(=O)O)cc1S(=O)(=O)N(CCO)CCO. The van der Waals surface area contributed by atoms with E-state index >= 15 is 0 Å². The lowest BCUT2D eigenvalue weighted by Gasteiger charge is -2.21. The Kier molecular flexibility index (Phi) is 7.17. The van der Waals surface area contributed by atoms with Gasteiger partial charge in [0.1, 0.15) is 10.6 Å². The van der Waals surface area contributed by atoms with Crippen LogP contribution in [0.5, 0.6) is 5.75 Å². The fourth-order valence-corrected chi connectivity index (χ4v) is 3.49. The van der Waals surface area contributed by atoms with Crippen molar-refractivity contribution in [1.29, 1.82) is 0 Å². The summed E-state index contributed by atoms with van der Waals surface area (Å²) >= 11 is 0. The Morgan fingerprint density at radius 2 is 1.87 bits per heavy atom. The molecule has 0 saturated carbocycles. The van der Waals surface area contributed by atoms with Gasteiger partial charge in [0.25, 0.3) is 0 Å². The molecule has 0 unspecified atom stereocenters. The van der Waals surface area contributed by atoms with E-state index in [1.807, 2.05) is 0 Å². The van der Waals surface area contributed by atoms with Gasteiger partial charge in [0.05, 0.1) is 20.3 Å². The van der Waals surface area contributed by atoms with Crippen molar-refractivity contribution in [3.05, 3.63) is 29.8 Å². The first-order valence-corrected chi connectivity index (χ1v) is 8.11. The third kappa shape index (κ3) is 5.03. The van der Waals surface area contributed by atoms with Gasteiger partial charge in [-0.2, -0.15) is 4.31 Å². The van der Waals surface area contributed by atoms with Crippen LogP contribution in [0.1, 0.15) is 5.56 Å². The van der Waals surface area contributed by atoms with Crippen molar-refractivity contribution in [2.24, 2.45) is 0 Å². The first-order valence-electron chi connectivity index (χ1n) is 6.67. The van der Waals surface area contributed by atoms with Crippen LogP contribution in [-0.2, 0) is 14.8 Å². The Balaban J connectivity index is 3.35. The highest BCUT2D eigenvalue weighted by Crippen LogP contribution is 2.28. The Hall–Kier alpha value is -1.94. The largest absolute Gasteiger partial charge is 0.495 e. The zero-order valence-electron chi connectivity index (χ0n) is 12.5. The van der Waals surface area contributed by atoms with E-state index in [0.717, 1.165) is 10.4 Å². The lowest BCUT2D eigenvalue weighted by molar-refractivity contribution is -0.131. The first-order chi connectivity index (χ1) is 10.9. The van der Waals surface area contributed by atoms with E-state index in [1.165, 1.54) is 31.4 Å².